The average molecular weight is 255 g/mol. The molecule has 2 nitrogen and oxygen atoms in total. The first-order valence-corrected chi connectivity index (χ1v) is 5.92. The Balaban J connectivity index is 3.39. The van der Waals surface area contributed by atoms with E-state index in [4.69, 9.17) is 0 Å². The summed E-state index contributed by atoms with van der Waals surface area (Å²) in [6.07, 6.45) is 0.478. The third kappa shape index (κ3) is 2.29. The van der Waals surface area contributed by atoms with E-state index in [2.05, 4.69) is 0 Å². The molecule has 0 amide bonds. The van der Waals surface area contributed by atoms with Crippen molar-refractivity contribution in [2.45, 2.75) is 32.7 Å². The molecule has 0 aliphatic heterocycles. The van der Waals surface area contributed by atoms with Gasteiger partial charge in [0.1, 0.15) is 11.6 Å². The molecule has 0 aliphatic carbocycles. The maximum absolute atomic E-state index is 14.0. The maximum Gasteiger partial charge on any atom is 0.188 e. The Hall–Kier alpha value is -1.29. The number of likely N-dealkylation sites (N-methyl/N-ethyl adjacent to an activating group) is 1. The Morgan fingerprint density at radius 2 is 1.89 bits per heavy atom. The summed E-state index contributed by atoms with van der Waals surface area (Å²) in [6, 6.07) is 2.47. The second-order valence-electron chi connectivity index (χ2n) is 4.90. The zero-order valence-electron chi connectivity index (χ0n) is 11.5. The summed E-state index contributed by atoms with van der Waals surface area (Å²) >= 11 is 0. The monoisotopic (exact) mass is 255 g/mol. The van der Waals surface area contributed by atoms with Gasteiger partial charge in [-0.15, -0.1) is 0 Å². The molecule has 0 aromatic heterocycles. The topological polar surface area (TPSA) is 20.3 Å². The summed E-state index contributed by atoms with van der Waals surface area (Å²) in [6.45, 7) is 5.03. The third-order valence-corrected chi connectivity index (χ3v) is 3.68. The lowest BCUT2D eigenvalue weighted by Crippen LogP contribution is -2.48. The van der Waals surface area contributed by atoms with Gasteiger partial charge in [-0.25, -0.2) is 8.78 Å². The van der Waals surface area contributed by atoms with Crippen LogP contribution < -0.4 is 0 Å². The standard InChI is InChI=1S/C14H19F2NO/c1-6-14(3,17(4)5)13(18)11-10(15)8-7-9(2)12(11)16/h7-8H,6H2,1-5H3. The van der Waals surface area contributed by atoms with Gasteiger partial charge in [0.05, 0.1) is 11.1 Å². The van der Waals surface area contributed by atoms with Gasteiger partial charge in [-0.05, 0) is 46.0 Å². The molecule has 0 N–H and O–H groups in total. The molecule has 4 heteroatoms. The summed E-state index contributed by atoms with van der Waals surface area (Å²) in [4.78, 5) is 14.1. The van der Waals surface area contributed by atoms with Crippen LogP contribution in [0.4, 0.5) is 8.78 Å². The van der Waals surface area contributed by atoms with Gasteiger partial charge >= 0.3 is 0 Å². The minimum absolute atomic E-state index is 0.275. The van der Waals surface area contributed by atoms with Crippen molar-refractivity contribution in [2.75, 3.05) is 14.1 Å². The Kier molecular flexibility index (Phi) is 4.22. The van der Waals surface area contributed by atoms with Crippen LogP contribution in [0.1, 0.15) is 36.2 Å². The molecular weight excluding hydrogens is 236 g/mol. The molecule has 0 saturated carbocycles. The van der Waals surface area contributed by atoms with Crippen LogP contribution in [0.25, 0.3) is 0 Å². The van der Waals surface area contributed by atoms with E-state index < -0.39 is 28.5 Å². The highest BCUT2D eigenvalue weighted by Gasteiger charge is 2.37. The van der Waals surface area contributed by atoms with Crippen molar-refractivity contribution in [3.63, 3.8) is 0 Å². The van der Waals surface area contributed by atoms with Crippen molar-refractivity contribution in [3.05, 3.63) is 34.9 Å². The highest BCUT2D eigenvalue weighted by atomic mass is 19.1. The molecule has 1 atom stereocenters. The van der Waals surface area contributed by atoms with Gasteiger partial charge in [0.25, 0.3) is 0 Å². The number of Topliss-reactive ketones (excluding diaryl/α,β-unsaturated/α-hetero) is 1. The molecule has 0 fully saturated rings. The van der Waals surface area contributed by atoms with E-state index in [1.54, 1.807) is 25.9 Å². The largest absolute Gasteiger partial charge is 0.297 e. The average Bonchev–Trinajstić information content (AvgIpc) is 2.32. The fourth-order valence-electron chi connectivity index (χ4n) is 1.81. The van der Waals surface area contributed by atoms with Crippen LogP contribution in [0.2, 0.25) is 0 Å². The first kappa shape index (κ1) is 14.8. The minimum atomic E-state index is -0.907. The predicted molar refractivity (Wildman–Crippen MR) is 67.8 cm³/mol. The van der Waals surface area contributed by atoms with Crippen LogP contribution >= 0.6 is 0 Å². The van der Waals surface area contributed by atoms with Gasteiger partial charge in [-0.2, -0.15) is 0 Å². The number of nitrogens with zero attached hydrogens (tertiary/aromatic N) is 1. The Bertz CT molecular complexity index is 471. The van der Waals surface area contributed by atoms with Gasteiger partial charge in [0, 0.05) is 0 Å². The molecule has 1 aromatic rings. The van der Waals surface area contributed by atoms with Crippen molar-refractivity contribution in [1.29, 1.82) is 0 Å². The Morgan fingerprint density at radius 3 is 2.33 bits per heavy atom. The molecule has 18 heavy (non-hydrogen) atoms. The van der Waals surface area contributed by atoms with Crippen molar-refractivity contribution in [1.82, 2.24) is 4.90 Å². The number of aryl methyl sites for hydroxylation is 1. The van der Waals surface area contributed by atoms with E-state index in [1.165, 1.54) is 13.0 Å². The van der Waals surface area contributed by atoms with E-state index in [9.17, 15) is 13.6 Å². The first-order chi connectivity index (χ1) is 8.25. The van der Waals surface area contributed by atoms with Gasteiger partial charge < -0.3 is 0 Å². The molecule has 1 rings (SSSR count). The number of carbonyl (C=O) groups is 1. The molecule has 0 heterocycles. The van der Waals surface area contributed by atoms with Crippen molar-refractivity contribution < 1.29 is 13.6 Å². The fourth-order valence-corrected chi connectivity index (χ4v) is 1.81. The summed E-state index contributed by atoms with van der Waals surface area (Å²) in [7, 11) is 3.46. The Morgan fingerprint density at radius 1 is 1.33 bits per heavy atom. The number of rotatable bonds is 4. The second-order valence-corrected chi connectivity index (χ2v) is 4.90. The predicted octanol–water partition coefficient (Wildman–Crippen LogP) is 3.19. The molecule has 100 valence electrons. The van der Waals surface area contributed by atoms with E-state index in [-0.39, 0.29) is 5.56 Å². The molecule has 0 saturated heterocycles. The first-order valence-electron chi connectivity index (χ1n) is 5.92. The molecule has 0 spiro atoms. The minimum Gasteiger partial charge on any atom is -0.297 e. The quantitative estimate of drug-likeness (QED) is 0.770. The molecule has 1 unspecified atom stereocenters. The molecule has 0 bridgehead atoms. The van der Waals surface area contributed by atoms with Crippen LogP contribution in [0.5, 0.6) is 0 Å². The van der Waals surface area contributed by atoms with E-state index >= 15 is 0 Å². The van der Waals surface area contributed by atoms with Gasteiger partial charge in [-0.1, -0.05) is 13.0 Å². The molecule has 0 aliphatic rings. The van der Waals surface area contributed by atoms with Crippen LogP contribution in [-0.2, 0) is 0 Å². The lowest BCUT2D eigenvalue weighted by atomic mass is 9.86. The normalized spacial score (nSPS) is 14.7. The number of ketones is 1. The third-order valence-electron chi connectivity index (χ3n) is 3.68. The van der Waals surface area contributed by atoms with Gasteiger partial charge in [0.15, 0.2) is 5.78 Å². The van der Waals surface area contributed by atoms with E-state index in [0.717, 1.165) is 6.07 Å². The zero-order chi connectivity index (χ0) is 14.1. The van der Waals surface area contributed by atoms with Crippen LogP contribution in [0, 0.1) is 18.6 Å². The van der Waals surface area contributed by atoms with Crippen LogP contribution in [0.15, 0.2) is 12.1 Å². The molecule has 0 radical (unpaired) electrons. The number of hydrogen-bond acceptors (Lipinski definition) is 2. The molecular formula is C14H19F2NO. The summed E-state index contributed by atoms with van der Waals surface area (Å²) < 4.78 is 27.7. The van der Waals surface area contributed by atoms with Gasteiger partial charge in [0.2, 0.25) is 0 Å². The number of carbonyl (C=O) groups excluding carboxylic acids is 1. The summed E-state index contributed by atoms with van der Waals surface area (Å²) in [5.74, 6) is -2.08. The highest BCUT2D eigenvalue weighted by molar-refractivity contribution is 6.03. The van der Waals surface area contributed by atoms with Crippen molar-refractivity contribution in [3.8, 4) is 0 Å². The summed E-state index contributed by atoms with van der Waals surface area (Å²) in [5, 5.41) is 0. The second kappa shape index (κ2) is 5.14. The zero-order valence-corrected chi connectivity index (χ0v) is 11.5. The fraction of sp³-hybridized carbons (Fsp3) is 0.500. The molecule has 1 aromatic carbocycles. The smallest absolute Gasteiger partial charge is 0.188 e. The number of benzene rings is 1. The van der Waals surface area contributed by atoms with Crippen LogP contribution in [-0.4, -0.2) is 30.3 Å². The van der Waals surface area contributed by atoms with E-state index in [1.807, 2.05) is 6.92 Å². The number of halogens is 2. The number of hydrogen-bond donors (Lipinski definition) is 0. The van der Waals surface area contributed by atoms with Crippen LogP contribution in [0.3, 0.4) is 0 Å². The van der Waals surface area contributed by atoms with E-state index in [0.29, 0.717) is 6.42 Å². The highest BCUT2D eigenvalue weighted by Crippen LogP contribution is 2.26. The SMILES string of the molecule is CCC(C)(C(=O)c1c(F)ccc(C)c1F)N(C)C. The maximum atomic E-state index is 14.0. The van der Waals surface area contributed by atoms with Crippen molar-refractivity contribution >= 4 is 5.78 Å². The summed E-state index contributed by atoms with van der Waals surface area (Å²) in [5.41, 5.74) is -1.07. The van der Waals surface area contributed by atoms with Crippen molar-refractivity contribution in [2.24, 2.45) is 0 Å². The lowest BCUT2D eigenvalue weighted by molar-refractivity contribution is 0.0701. The lowest BCUT2D eigenvalue weighted by Gasteiger charge is -2.34. The van der Waals surface area contributed by atoms with Gasteiger partial charge in [-0.3, -0.25) is 9.69 Å². The Labute approximate surface area is 107 Å².